The number of hydrogen-bond acceptors (Lipinski definition) is 4. The summed E-state index contributed by atoms with van der Waals surface area (Å²) in [5.74, 6) is 0.663. The first-order valence-electron chi connectivity index (χ1n) is 6.40. The van der Waals surface area contributed by atoms with Gasteiger partial charge in [-0.15, -0.1) is 0 Å². The Bertz CT molecular complexity index is 537. The van der Waals surface area contributed by atoms with Gasteiger partial charge in [0.05, 0.1) is 12.0 Å². The van der Waals surface area contributed by atoms with E-state index >= 15 is 0 Å². The van der Waals surface area contributed by atoms with E-state index in [0.29, 0.717) is 22.8 Å². The van der Waals surface area contributed by atoms with Crippen molar-refractivity contribution in [2.24, 2.45) is 0 Å². The Morgan fingerprint density at radius 3 is 2.79 bits per heavy atom. The van der Waals surface area contributed by atoms with Crippen molar-refractivity contribution in [3.8, 4) is 5.75 Å². The van der Waals surface area contributed by atoms with Gasteiger partial charge in [0.2, 0.25) is 10.0 Å². The van der Waals surface area contributed by atoms with Crippen molar-refractivity contribution >= 4 is 10.0 Å². The van der Waals surface area contributed by atoms with Crippen molar-refractivity contribution in [1.82, 2.24) is 10.0 Å². The molecule has 1 heterocycles. The smallest absolute Gasteiger partial charge is 0.241 e. The second kappa shape index (κ2) is 5.90. The molecule has 1 aromatic rings. The van der Waals surface area contributed by atoms with Crippen molar-refractivity contribution in [2.75, 3.05) is 20.2 Å². The van der Waals surface area contributed by atoms with Crippen molar-refractivity contribution in [3.05, 3.63) is 23.8 Å². The van der Waals surface area contributed by atoms with Crippen molar-refractivity contribution < 1.29 is 13.2 Å². The first-order valence-corrected chi connectivity index (χ1v) is 7.89. The normalized spacial score (nSPS) is 20.2. The highest BCUT2D eigenvalue weighted by molar-refractivity contribution is 7.89. The molecule has 1 atom stereocenters. The monoisotopic (exact) mass is 284 g/mol. The number of aryl methyl sites for hydroxylation is 1. The van der Waals surface area contributed by atoms with Gasteiger partial charge in [0.1, 0.15) is 5.75 Å². The molecule has 0 bridgehead atoms. The van der Waals surface area contributed by atoms with Crippen LogP contribution in [-0.4, -0.2) is 34.7 Å². The van der Waals surface area contributed by atoms with E-state index in [9.17, 15) is 8.42 Å². The highest BCUT2D eigenvalue weighted by Gasteiger charge is 2.23. The lowest BCUT2D eigenvalue weighted by atomic mass is 10.1. The summed E-state index contributed by atoms with van der Waals surface area (Å²) in [6, 6.07) is 4.96. The summed E-state index contributed by atoms with van der Waals surface area (Å²) in [6.45, 7) is 3.42. The fraction of sp³-hybridized carbons (Fsp3) is 0.538. The molecule has 0 saturated carbocycles. The lowest BCUT2D eigenvalue weighted by molar-refractivity contribution is 0.414. The fourth-order valence-corrected chi connectivity index (χ4v) is 3.78. The van der Waals surface area contributed by atoms with Crippen LogP contribution in [0.15, 0.2) is 23.1 Å². The van der Waals surface area contributed by atoms with Gasteiger partial charge in [-0.1, -0.05) is 0 Å². The number of piperidine rings is 1. The number of sulfonamides is 1. The van der Waals surface area contributed by atoms with E-state index in [1.54, 1.807) is 32.2 Å². The quantitative estimate of drug-likeness (QED) is 0.867. The predicted molar refractivity (Wildman–Crippen MR) is 73.9 cm³/mol. The van der Waals surface area contributed by atoms with Crippen LogP contribution in [-0.2, 0) is 10.0 Å². The molecule has 2 N–H and O–H groups in total. The minimum atomic E-state index is -3.46. The highest BCUT2D eigenvalue weighted by Crippen LogP contribution is 2.21. The summed E-state index contributed by atoms with van der Waals surface area (Å²) in [7, 11) is -1.90. The Morgan fingerprint density at radius 2 is 2.21 bits per heavy atom. The molecular weight excluding hydrogens is 264 g/mol. The molecule has 5 nitrogen and oxygen atoms in total. The summed E-state index contributed by atoms with van der Waals surface area (Å²) in [4.78, 5) is 0.318. The zero-order valence-electron chi connectivity index (χ0n) is 11.3. The van der Waals surface area contributed by atoms with Crippen LogP contribution >= 0.6 is 0 Å². The van der Waals surface area contributed by atoms with E-state index < -0.39 is 10.0 Å². The van der Waals surface area contributed by atoms with Crippen LogP contribution < -0.4 is 14.8 Å². The molecule has 19 heavy (non-hydrogen) atoms. The van der Waals surface area contributed by atoms with Crippen LogP contribution in [0.2, 0.25) is 0 Å². The van der Waals surface area contributed by atoms with Gasteiger partial charge in [0.25, 0.3) is 0 Å². The number of rotatable bonds is 4. The third-order valence-corrected chi connectivity index (χ3v) is 4.97. The Morgan fingerprint density at radius 1 is 1.42 bits per heavy atom. The van der Waals surface area contributed by atoms with Gasteiger partial charge < -0.3 is 10.1 Å². The van der Waals surface area contributed by atoms with E-state index in [4.69, 9.17) is 4.74 Å². The largest absolute Gasteiger partial charge is 0.497 e. The van der Waals surface area contributed by atoms with Crippen molar-refractivity contribution in [2.45, 2.75) is 30.7 Å². The average molecular weight is 284 g/mol. The zero-order valence-corrected chi connectivity index (χ0v) is 12.1. The molecule has 1 saturated heterocycles. The van der Waals surface area contributed by atoms with Gasteiger partial charge in [0.15, 0.2) is 0 Å². The number of benzene rings is 1. The number of nitrogens with one attached hydrogen (secondary N) is 2. The van der Waals surface area contributed by atoms with E-state index in [1.807, 2.05) is 0 Å². The Hall–Kier alpha value is -1.11. The van der Waals surface area contributed by atoms with Crippen molar-refractivity contribution in [1.29, 1.82) is 0 Å². The molecule has 1 aromatic carbocycles. The number of methoxy groups -OCH3 is 1. The second-order valence-corrected chi connectivity index (χ2v) is 6.48. The Labute approximate surface area is 114 Å². The third-order valence-electron chi connectivity index (χ3n) is 3.29. The molecule has 1 fully saturated rings. The molecule has 1 aliphatic heterocycles. The molecule has 0 spiro atoms. The molecule has 6 heteroatoms. The van der Waals surface area contributed by atoms with Crippen LogP contribution in [0.5, 0.6) is 5.75 Å². The van der Waals surface area contributed by atoms with Gasteiger partial charge in [0, 0.05) is 12.6 Å². The molecular formula is C13H20N2O3S. The maximum absolute atomic E-state index is 12.3. The molecule has 1 aliphatic rings. The highest BCUT2D eigenvalue weighted by atomic mass is 32.2. The van der Waals surface area contributed by atoms with Gasteiger partial charge in [-0.25, -0.2) is 13.1 Å². The predicted octanol–water partition coefficient (Wildman–Crippen LogP) is 1.03. The van der Waals surface area contributed by atoms with Crippen LogP contribution in [0.4, 0.5) is 0 Å². The molecule has 0 unspecified atom stereocenters. The minimum absolute atomic E-state index is 0.0275. The summed E-state index contributed by atoms with van der Waals surface area (Å²) >= 11 is 0. The maximum atomic E-state index is 12.3. The lowest BCUT2D eigenvalue weighted by Gasteiger charge is -2.24. The Kier molecular flexibility index (Phi) is 4.44. The van der Waals surface area contributed by atoms with Crippen LogP contribution in [0, 0.1) is 6.92 Å². The SMILES string of the molecule is COc1ccc(S(=O)(=O)N[C@@H]2CCCNC2)c(C)c1. The van der Waals surface area contributed by atoms with Gasteiger partial charge >= 0.3 is 0 Å². The van der Waals surface area contributed by atoms with E-state index in [0.717, 1.165) is 19.4 Å². The summed E-state index contributed by atoms with van der Waals surface area (Å²) in [5.41, 5.74) is 0.690. The number of ether oxygens (including phenoxy) is 1. The Balaban J connectivity index is 2.18. The lowest BCUT2D eigenvalue weighted by Crippen LogP contribution is -2.45. The summed E-state index contributed by atoms with van der Waals surface area (Å²) in [6.07, 6.45) is 1.87. The molecule has 2 rings (SSSR count). The maximum Gasteiger partial charge on any atom is 0.241 e. The third kappa shape index (κ3) is 3.46. The molecule has 0 radical (unpaired) electrons. The first-order chi connectivity index (χ1) is 9.03. The van der Waals surface area contributed by atoms with Crippen LogP contribution in [0.25, 0.3) is 0 Å². The first kappa shape index (κ1) is 14.3. The summed E-state index contributed by atoms with van der Waals surface area (Å²) < 4.78 is 32.5. The van der Waals surface area contributed by atoms with Crippen molar-refractivity contribution in [3.63, 3.8) is 0 Å². The average Bonchev–Trinajstić information content (AvgIpc) is 2.38. The molecule has 0 amide bonds. The van der Waals surface area contributed by atoms with E-state index in [2.05, 4.69) is 10.0 Å². The number of hydrogen-bond donors (Lipinski definition) is 2. The van der Waals surface area contributed by atoms with Crippen LogP contribution in [0.3, 0.4) is 0 Å². The van der Waals surface area contributed by atoms with Gasteiger partial charge in [-0.2, -0.15) is 0 Å². The van der Waals surface area contributed by atoms with E-state index in [-0.39, 0.29) is 6.04 Å². The zero-order chi connectivity index (χ0) is 13.9. The summed E-state index contributed by atoms with van der Waals surface area (Å²) in [5, 5.41) is 3.19. The van der Waals surface area contributed by atoms with Crippen LogP contribution in [0.1, 0.15) is 18.4 Å². The molecule has 106 valence electrons. The molecule has 0 aliphatic carbocycles. The molecule has 0 aromatic heterocycles. The van der Waals surface area contributed by atoms with Gasteiger partial charge in [-0.05, 0) is 50.1 Å². The minimum Gasteiger partial charge on any atom is -0.497 e. The standard InChI is InChI=1S/C13H20N2O3S/c1-10-8-12(18-2)5-6-13(10)19(16,17)15-11-4-3-7-14-9-11/h5-6,8,11,14-15H,3-4,7,9H2,1-2H3/t11-/m1/s1. The topological polar surface area (TPSA) is 67.4 Å². The second-order valence-electron chi connectivity index (χ2n) is 4.80. The van der Waals surface area contributed by atoms with E-state index in [1.165, 1.54) is 0 Å². The fourth-order valence-electron chi connectivity index (χ4n) is 2.29. The van der Waals surface area contributed by atoms with Gasteiger partial charge in [-0.3, -0.25) is 0 Å².